The molecule has 2 atom stereocenters. The molecule has 38 heavy (non-hydrogen) atoms. The highest BCUT2D eigenvalue weighted by Gasteiger charge is 2.42. The lowest BCUT2D eigenvalue weighted by molar-refractivity contribution is -0.143. The molecule has 202 valence electrons. The van der Waals surface area contributed by atoms with Crippen molar-refractivity contribution in [3.05, 3.63) is 70.1 Å². The third-order valence-electron chi connectivity index (χ3n) is 7.02. The van der Waals surface area contributed by atoms with Crippen LogP contribution in [0, 0.1) is 0 Å². The van der Waals surface area contributed by atoms with E-state index in [4.69, 9.17) is 23.7 Å². The van der Waals surface area contributed by atoms with E-state index in [2.05, 4.69) is 5.32 Å². The fourth-order valence-electron chi connectivity index (χ4n) is 5.30. The smallest absolute Gasteiger partial charge is 0.337 e. The summed E-state index contributed by atoms with van der Waals surface area (Å²) in [6.45, 7) is 5.45. The average Bonchev–Trinajstić information content (AvgIpc) is 2.90. The Hall–Kier alpha value is -3.94. The van der Waals surface area contributed by atoms with Gasteiger partial charge >= 0.3 is 5.97 Å². The fourth-order valence-corrected chi connectivity index (χ4v) is 5.30. The molecule has 2 aromatic rings. The molecule has 2 aromatic carbocycles. The Morgan fingerprint density at radius 2 is 1.61 bits per heavy atom. The third-order valence-corrected chi connectivity index (χ3v) is 7.02. The minimum Gasteiger partial charge on any atom is -0.497 e. The summed E-state index contributed by atoms with van der Waals surface area (Å²) < 4.78 is 27.6. The molecule has 1 aliphatic heterocycles. The highest BCUT2D eigenvalue weighted by molar-refractivity contribution is 6.04. The molecule has 0 spiro atoms. The average molecular weight is 522 g/mol. The number of Topliss-reactive ketones (excluding diaryl/α,β-unsaturated/α-hetero) is 1. The van der Waals surface area contributed by atoms with Gasteiger partial charge in [0.1, 0.15) is 11.5 Å². The number of rotatable bonds is 8. The van der Waals surface area contributed by atoms with E-state index < -0.39 is 11.9 Å². The van der Waals surface area contributed by atoms with E-state index in [1.165, 1.54) is 0 Å². The SMILES string of the molecule is COc1ccc([C@H]2C(C(=O)OC(C)C)=C(C)NC3=C2C(=O)C[C@@H](c2ccc(OC)c(OC)c2)C3)c(OC)c1. The van der Waals surface area contributed by atoms with Gasteiger partial charge in [0, 0.05) is 35.0 Å². The summed E-state index contributed by atoms with van der Waals surface area (Å²) in [4.78, 5) is 27.3. The number of esters is 1. The highest BCUT2D eigenvalue weighted by Crippen LogP contribution is 2.48. The maximum atomic E-state index is 13.9. The summed E-state index contributed by atoms with van der Waals surface area (Å²) >= 11 is 0. The predicted molar refractivity (Wildman–Crippen MR) is 143 cm³/mol. The van der Waals surface area contributed by atoms with E-state index >= 15 is 0 Å². The maximum Gasteiger partial charge on any atom is 0.337 e. The first-order valence-electron chi connectivity index (χ1n) is 12.6. The van der Waals surface area contributed by atoms with Crippen LogP contribution in [0.2, 0.25) is 0 Å². The van der Waals surface area contributed by atoms with E-state index in [1.54, 1.807) is 54.4 Å². The number of nitrogens with one attached hydrogen (secondary N) is 1. The molecule has 0 unspecified atom stereocenters. The summed E-state index contributed by atoms with van der Waals surface area (Å²) in [5.41, 5.74) is 4.09. The van der Waals surface area contributed by atoms with Gasteiger partial charge in [-0.15, -0.1) is 0 Å². The molecule has 1 aliphatic carbocycles. The van der Waals surface area contributed by atoms with E-state index in [9.17, 15) is 9.59 Å². The van der Waals surface area contributed by atoms with Gasteiger partial charge in [-0.05, 0) is 56.9 Å². The molecule has 0 bridgehead atoms. The van der Waals surface area contributed by atoms with Gasteiger partial charge in [-0.3, -0.25) is 4.79 Å². The van der Waals surface area contributed by atoms with Gasteiger partial charge in [0.2, 0.25) is 0 Å². The molecule has 0 fully saturated rings. The van der Waals surface area contributed by atoms with Crippen LogP contribution in [0.15, 0.2) is 58.9 Å². The molecule has 0 radical (unpaired) electrons. The van der Waals surface area contributed by atoms with Crippen molar-refractivity contribution in [3.8, 4) is 23.0 Å². The summed E-state index contributed by atoms with van der Waals surface area (Å²) in [6.07, 6.45) is 0.569. The van der Waals surface area contributed by atoms with Crippen LogP contribution in [0.1, 0.15) is 56.6 Å². The number of hydrogen-bond acceptors (Lipinski definition) is 8. The highest BCUT2D eigenvalue weighted by atomic mass is 16.5. The van der Waals surface area contributed by atoms with Crippen molar-refractivity contribution in [2.24, 2.45) is 0 Å². The molecule has 0 aromatic heterocycles. The molecule has 8 nitrogen and oxygen atoms in total. The number of ether oxygens (including phenoxy) is 5. The van der Waals surface area contributed by atoms with Gasteiger partial charge in [-0.2, -0.15) is 0 Å². The Morgan fingerprint density at radius 3 is 2.24 bits per heavy atom. The van der Waals surface area contributed by atoms with E-state index in [-0.39, 0.29) is 24.2 Å². The summed E-state index contributed by atoms with van der Waals surface area (Å²) in [5.74, 6) is 1.18. The lowest BCUT2D eigenvalue weighted by Gasteiger charge is -2.37. The first kappa shape index (κ1) is 27.1. The van der Waals surface area contributed by atoms with Crippen molar-refractivity contribution < 1.29 is 33.3 Å². The summed E-state index contributed by atoms with van der Waals surface area (Å²) in [7, 11) is 6.33. The number of ketones is 1. The number of benzene rings is 2. The molecule has 0 amide bonds. The summed E-state index contributed by atoms with van der Waals surface area (Å²) in [5, 5.41) is 3.38. The van der Waals surface area contributed by atoms with E-state index in [0.29, 0.717) is 51.8 Å². The predicted octanol–water partition coefficient (Wildman–Crippen LogP) is 5.03. The minimum atomic E-state index is -0.641. The zero-order valence-electron chi connectivity index (χ0n) is 23.0. The first-order valence-corrected chi connectivity index (χ1v) is 12.6. The Labute approximate surface area is 223 Å². The van der Waals surface area contributed by atoms with E-state index in [1.807, 2.05) is 31.2 Å². The second-order valence-electron chi connectivity index (χ2n) is 9.69. The van der Waals surface area contributed by atoms with Crippen molar-refractivity contribution in [2.45, 2.75) is 51.6 Å². The molecule has 0 saturated carbocycles. The number of allylic oxidation sites excluding steroid dienone is 3. The molecule has 8 heteroatoms. The van der Waals surface area contributed by atoms with Crippen LogP contribution in [0.25, 0.3) is 0 Å². The van der Waals surface area contributed by atoms with Crippen molar-refractivity contribution in [1.29, 1.82) is 0 Å². The first-order chi connectivity index (χ1) is 18.2. The van der Waals surface area contributed by atoms with Crippen molar-refractivity contribution in [2.75, 3.05) is 28.4 Å². The number of hydrogen-bond donors (Lipinski definition) is 1. The Bertz CT molecular complexity index is 1310. The van der Waals surface area contributed by atoms with Gasteiger partial charge in [0.25, 0.3) is 0 Å². The van der Waals surface area contributed by atoms with Gasteiger partial charge in [-0.1, -0.05) is 12.1 Å². The normalized spacial score (nSPS) is 19.1. The van der Waals surface area contributed by atoms with Crippen molar-refractivity contribution >= 4 is 11.8 Å². The molecule has 1 N–H and O–H groups in total. The number of carbonyl (C=O) groups is 2. The van der Waals surface area contributed by atoms with Crippen molar-refractivity contribution in [3.63, 3.8) is 0 Å². The van der Waals surface area contributed by atoms with Crippen LogP contribution in [0.4, 0.5) is 0 Å². The third kappa shape index (κ3) is 5.08. The summed E-state index contributed by atoms with van der Waals surface area (Å²) in [6, 6.07) is 11.2. The van der Waals surface area contributed by atoms with Crippen LogP contribution in [-0.2, 0) is 14.3 Å². The van der Waals surface area contributed by atoms with Crippen molar-refractivity contribution in [1.82, 2.24) is 5.32 Å². The Balaban J connectivity index is 1.83. The monoisotopic (exact) mass is 521 g/mol. The van der Waals surface area contributed by atoms with Gasteiger partial charge in [0.15, 0.2) is 17.3 Å². The van der Waals surface area contributed by atoms with Gasteiger partial charge in [-0.25, -0.2) is 4.79 Å². The minimum absolute atomic E-state index is 0.0382. The van der Waals surface area contributed by atoms with Crippen LogP contribution >= 0.6 is 0 Å². The van der Waals surface area contributed by atoms with E-state index in [0.717, 1.165) is 11.3 Å². The number of dihydropyridines is 1. The van der Waals surface area contributed by atoms with Gasteiger partial charge < -0.3 is 29.0 Å². The van der Waals surface area contributed by atoms with Gasteiger partial charge in [0.05, 0.1) is 46.0 Å². The van der Waals surface area contributed by atoms with Crippen LogP contribution < -0.4 is 24.3 Å². The molecule has 4 rings (SSSR count). The largest absolute Gasteiger partial charge is 0.497 e. The molecule has 1 heterocycles. The molecule has 2 aliphatic rings. The molecule has 0 saturated heterocycles. The molecular formula is C30H35NO7. The van der Waals surface area contributed by atoms with Crippen LogP contribution in [0.3, 0.4) is 0 Å². The van der Waals surface area contributed by atoms with Crippen LogP contribution in [-0.4, -0.2) is 46.3 Å². The fraction of sp³-hybridized carbons (Fsp3) is 0.400. The lowest BCUT2D eigenvalue weighted by Crippen LogP contribution is -2.36. The number of carbonyl (C=O) groups excluding carboxylic acids is 2. The standard InChI is InChI=1S/C30H35NO7/c1-16(2)38-30(33)27-17(3)31-22-12-19(18-8-11-24(35-5)26(14-18)37-7)13-23(32)29(22)28(27)21-10-9-20(34-4)15-25(21)36-6/h8-11,14-16,19,28,31H,12-13H2,1-7H3/t19-,28-/m0/s1. The molecular weight excluding hydrogens is 486 g/mol. The maximum absolute atomic E-state index is 13.9. The Kier molecular flexibility index (Phi) is 7.99. The number of methoxy groups -OCH3 is 4. The second kappa shape index (κ2) is 11.2. The zero-order chi connectivity index (χ0) is 27.6. The topological polar surface area (TPSA) is 92.3 Å². The van der Waals surface area contributed by atoms with Crippen LogP contribution in [0.5, 0.6) is 23.0 Å². The quantitative estimate of drug-likeness (QED) is 0.484. The lowest BCUT2D eigenvalue weighted by atomic mass is 9.71. The zero-order valence-corrected chi connectivity index (χ0v) is 23.0. The second-order valence-corrected chi connectivity index (χ2v) is 9.69. The Morgan fingerprint density at radius 1 is 0.895 bits per heavy atom.